The van der Waals surface area contributed by atoms with E-state index >= 15 is 0 Å². The third-order valence-electron chi connectivity index (χ3n) is 4.11. The van der Waals surface area contributed by atoms with E-state index in [1.165, 1.54) is 0 Å². The van der Waals surface area contributed by atoms with E-state index in [1.54, 1.807) is 36.5 Å². The highest BCUT2D eigenvalue weighted by Crippen LogP contribution is 2.13. The number of carbonyl (C=O) groups is 2. The van der Waals surface area contributed by atoms with Crippen LogP contribution in [0.4, 0.5) is 10.5 Å². The van der Waals surface area contributed by atoms with Crippen LogP contribution >= 0.6 is 0 Å². The van der Waals surface area contributed by atoms with Gasteiger partial charge >= 0.3 is 6.03 Å². The Hall–Kier alpha value is -2.94. The van der Waals surface area contributed by atoms with E-state index in [1.807, 2.05) is 12.1 Å². The fraction of sp³-hybridized carbons (Fsp3) is 0.278. The number of rotatable bonds is 5. The fourth-order valence-corrected chi connectivity index (χ4v) is 4.45. The van der Waals surface area contributed by atoms with Crippen LogP contribution in [0.5, 0.6) is 0 Å². The van der Waals surface area contributed by atoms with Gasteiger partial charge in [0.15, 0.2) is 9.84 Å². The van der Waals surface area contributed by atoms with E-state index in [2.05, 4.69) is 20.9 Å². The highest BCUT2D eigenvalue weighted by Gasteiger charge is 2.28. The van der Waals surface area contributed by atoms with Crippen molar-refractivity contribution >= 4 is 27.5 Å². The molecule has 2 aromatic rings. The lowest BCUT2D eigenvalue weighted by atomic mass is 10.2. The molecule has 1 aliphatic rings. The maximum atomic E-state index is 12.3. The second-order valence-electron chi connectivity index (χ2n) is 6.28. The van der Waals surface area contributed by atoms with Crippen LogP contribution in [0.1, 0.15) is 22.5 Å². The molecule has 0 spiro atoms. The maximum Gasteiger partial charge on any atom is 0.319 e. The molecule has 3 N–H and O–H groups in total. The summed E-state index contributed by atoms with van der Waals surface area (Å²) in [5.74, 6) is -0.244. The van der Waals surface area contributed by atoms with Crippen LogP contribution in [0.2, 0.25) is 0 Å². The van der Waals surface area contributed by atoms with E-state index in [0.717, 1.165) is 5.69 Å². The predicted molar refractivity (Wildman–Crippen MR) is 101 cm³/mol. The molecule has 1 unspecified atom stereocenters. The number of hydrogen-bond donors (Lipinski definition) is 3. The molecule has 0 radical (unpaired) electrons. The third kappa shape index (κ3) is 5.52. The number of pyridine rings is 1. The zero-order chi connectivity index (χ0) is 19.3. The topological polar surface area (TPSA) is 117 Å². The molecule has 1 aromatic carbocycles. The Morgan fingerprint density at radius 3 is 2.70 bits per heavy atom. The number of anilines is 1. The Morgan fingerprint density at radius 1 is 1.15 bits per heavy atom. The summed E-state index contributed by atoms with van der Waals surface area (Å²) in [4.78, 5) is 28.5. The molecule has 2 heterocycles. The summed E-state index contributed by atoms with van der Waals surface area (Å²) >= 11 is 0. The Bertz CT molecular complexity index is 931. The third-order valence-corrected chi connectivity index (χ3v) is 5.87. The van der Waals surface area contributed by atoms with Gasteiger partial charge in [-0.2, -0.15) is 0 Å². The van der Waals surface area contributed by atoms with Gasteiger partial charge < -0.3 is 16.0 Å². The van der Waals surface area contributed by atoms with Crippen molar-refractivity contribution in [1.29, 1.82) is 0 Å². The second-order valence-corrected chi connectivity index (χ2v) is 8.51. The minimum Gasteiger partial charge on any atom is -0.346 e. The number of urea groups is 1. The molecule has 1 aromatic heterocycles. The summed E-state index contributed by atoms with van der Waals surface area (Å²) in [7, 11) is -3.06. The standard InChI is InChI=1S/C18H20N4O4S/c23-17(20-11-15-5-1-2-8-19-15)13-4-3-6-14(10-13)21-18(24)22-16-7-9-27(25,26)12-16/h1-6,8,10,16H,7,9,11-12H2,(H,20,23)(H2,21,22,24). The first-order chi connectivity index (χ1) is 12.9. The van der Waals surface area contributed by atoms with Gasteiger partial charge in [0, 0.05) is 23.5 Å². The summed E-state index contributed by atoms with van der Waals surface area (Å²) < 4.78 is 22.9. The van der Waals surface area contributed by atoms with Crippen LogP contribution in [0.25, 0.3) is 0 Å². The largest absolute Gasteiger partial charge is 0.346 e. The number of nitrogens with one attached hydrogen (secondary N) is 3. The molecule has 27 heavy (non-hydrogen) atoms. The minimum absolute atomic E-state index is 0.0453. The first kappa shape index (κ1) is 18.8. The van der Waals surface area contributed by atoms with Crippen molar-refractivity contribution in [2.75, 3.05) is 16.8 Å². The number of sulfone groups is 1. The van der Waals surface area contributed by atoms with Gasteiger partial charge in [0.1, 0.15) is 0 Å². The lowest BCUT2D eigenvalue weighted by Gasteiger charge is -2.12. The van der Waals surface area contributed by atoms with E-state index in [9.17, 15) is 18.0 Å². The minimum atomic E-state index is -3.06. The van der Waals surface area contributed by atoms with Gasteiger partial charge in [-0.25, -0.2) is 13.2 Å². The van der Waals surface area contributed by atoms with Crippen LogP contribution in [0, 0.1) is 0 Å². The number of amides is 3. The lowest BCUT2D eigenvalue weighted by molar-refractivity contribution is 0.0950. The van der Waals surface area contributed by atoms with E-state index < -0.39 is 15.9 Å². The Balaban J connectivity index is 1.55. The van der Waals surface area contributed by atoms with Crippen LogP contribution in [-0.4, -0.2) is 42.9 Å². The molecule has 9 heteroatoms. The summed E-state index contributed by atoms with van der Waals surface area (Å²) in [6.07, 6.45) is 2.06. The Kier molecular flexibility index (Phi) is 5.70. The predicted octanol–water partition coefficient (Wildman–Crippen LogP) is 1.32. The molecule has 142 valence electrons. The average Bonchev–Trinajstić information content (AvgIpc) is 2.99. The van der Waals surface area contributed by atoms with Gasteiger partial charge in [0.2, 0.25) is 0 Å². The van der Waals surface area contributed by atoms with Gasteiger partial charge in [-0.15, -0.1) is 0 Å². The van der Waals surface area contributed by atoms with Gasteiger partial charge in [0.05, 0.1) is 23.7 Å². The summed E-state index contributed by atoms with van der Waals surface area (Å²) in [6, 6.07) is 11.1. The molecule has 0 aliphatic carbocycles. The Morgan fingerprint density at radius 2 is 2.00 bits per heavy atom. The molecule has 0 saturated carbocycles. The van der Waals surface area contributed by atoms with Gasteiger partial charge in [-0.3, -0.25) is 9.78 Å². The highest BCUT2D eigenvalue weighted by molar-refractivity contribution is 7.91. The maximum absolute atomic E-state index is 12.3. The first-order valence-corrected chi connectivity index (χ1v) is 10.3. The molecule has 3 amide bonds. The van der Waals surface area contributed by atoms with Crippen molar-refractivity contribution in [3.8, 4) is 0 Å². The number of benzene rings is 1. The monoisotopic (exact) mass is 388 g/mol. The summed E-state index contributed by atoms with van der Waals surface area (Å²) in [5, 5.41) is 8.04. The molecule has 1 fully saturated rings. The smallest absolute Gasteiger partial charge is 0.319 e. The average molecular weight is 388 g/mol. The molecular weight excluding hydrogens is 368 g/mol. The van der Waals surface area contributed by atoms with E-state index in [0.29, 0.717) is 24.2 Å². The zero-order valence-corrected chi connectivity index (χ0v) is 15.3. The number of carbonyl (C=O) groups excluding carboxylic acids is 2. The number of aromatic nitrogens is 1. The highest BCUT2D eigenvalue weighted by atomic mass is 32.2. The van der Waals surface area contributed by atoms with Crippen LogP contribution in [0.15, 0.2) is 48.7 Å². The molecular formula is C18H20N4O4S. The second kappa shape index (κ2) is 8.17. The number of hydrogen-bond acceptors (Lipinski definition) is 5. The van der Waals surface area contributed by atoms with Gasteiger partial charge in [-0.1, -0.05) is 12.1 Å². The first-order valence-electron chi connectivity index (χ1n) is 8.47. The van der Waals surface area contributed by atoms with E-state index in [-0.39, 0.29) is 23.5 Å². The van der Waals surface area contributed by atoms with Gasteiger partial charge in [-0.05, 0) is 36.8 Å². The molecule has 3 rings (SSSR count). The van der Waals surface area contributed by atoms with Crippen LogP contribution < -0.4 is 16.0 Å². The summed E-state index contributed by atoms with van der Waals surface area (Å²) in [5.41, 5.74) is 1.58. The molecule has 0 bridgehead atoms. The molecule has 1 aliphatic heterocycles. The van der Waals surface area contributed by atoms with Crippen molar-refractivity contribution in [2.45, 2.75) is 19.0 Å². The number of nitrogens with zero attached hydrogens (tertiary/aromatic N) is 1. The van der Waals surface area contributed by atoms with Crippen molar-refractivity contribution in [2.24, 2.45) is 0 Å². The van der Waals surface area contributed by atoms with Gasteiger partial charge in [0.25, 0.3) is 5.91 Å². The van der Waals surface area contributed by atoms with Crippen molar-refractivity contribution < 1.29 is 18.0 Å². The van der Waals surface area contributed by atoms with Crippen molar-refractivity contribution in [1.82, 2.24) is 15.6 Å². The fourth-order valence-electron chi connectivity index (χ4n) is 2.78. The SMILES string of the molecule is O=C(Nc1cccc(C(=O)NCc2ccccn2)c1)NC1CCS(=O)(=O)C1. The van der Waals surface area contributed by atoms with Crippen molar-refractivity contribution in [3.05, 3.63) is 59.9 Å². The van der Waals surface area contributed by atoms with Crippen molar-refractivity contribution in [3.63, 3.8) is 0 Å². The van der Waals surface area contributed by atoms with Crippen LogP contribution in [0.3, 0.4) is 0 Å². The Labute approximate surface area is 157 Å². The zero-order valence-electron chi connectivity index (χ0n) is 14.5. The molecule has 1 atom stereocenters. The lowest BCUT2D eigenvalue weighted by Crippen LogP contribution is -2.38. The molecule has 1 saturated heterocycles. The normalized spacial score (nSPS) is 17.9. The van der Waals surface area contributed by atoms with E-state index in [4.69, 9.17) is 0 Å². The van der Waals surface area contributed by atoms with Crippen LogP contribution in [-0.2, 0) is 16.4 Å². The quantitative estimate of drug-likeness (QED) is 0.714. The molecule has 8 nitrogen and oxygen atoms in total. The summed E-state index contributed by atoms with van der Waals surface area (Å²) in [6.45, 7) is 0.300.